The van der Waals surface area contributed by atoms with E-state index in [9.17, 15) is 0 Å². The van der Waals surface area contributed by atoms with E-state index in [-0.39, 0.29) is 6.10 Å². The Morgan fingerprint density at radius 3 is 3.11 bits per heavy atom. The first kappa shape index (κ1) is 13.0. The number of hydrogen-bond donors (Lipinski definition) is 2. The van der Waals surface area contributed by atoms with Gasteiger partial charge in [-0.15, -0.1) is 0 Å². The highest BCUT2D eigenvalue weighted by atomic mass is 35.5. The van der Waals surface area contributed by atoms with Crippen molar-refractivity contribution < 1.29 is 4.74 Å². The summed E-state index contributed by atoms with van der Waals surface area (Å²) in [5, 5.41) is 7.16. The van der Waals surface area contributed by atoms with Crippen LogP contribution < -0.4 is 15.4 Å². The number of nitrogens with zero attached hydrogens (tertiary/aromatic N) is 1. The number of guanidine groups is 1. The van der Waals surface area contributed by atoms with Crippen LogP contribution in [0.1, 0.15) is 13.8 Å². The smallest absolute Gasteiger partial charge is 0.191 e. The number of nitrogens with one attached hydrogen (secondary N) is 2. The van der Waals surface area contributed by atoms with Gasteiger partial charge in [0, 0.05) is 11.1 Å². The monoisotopic (exact) mass is 267 g/mol. The van der Waals surface area contributed by atoms with E-state index in [2.05, 4.69) is 22.5 Å². The lowest BCUT2D eigenvalue weighted by Gasteiger charge is -2.16. The number of benzene rings is 1. The van der Waals surface area contributed by atoms with Crippen molar-refractivity contribution in [1.82, 2.24) is 10.6 Å². The molecule has 0 fully saturated rings. The molecule has 0 radical (unpaired) electrons. The average Bonchev–Trinajstić information content (AvgIpc) is 2.73. The van der Waals surface area contributed by atoms with Gasteiger partial charge in [-0.25, -0.2) is 0 Å². The van der Waals surface area contributed by atoms with Gasteiger partial charge in [-0.2, -0.15) is 0 Å². The number of aliphatic imine (C=N–C) groups is 1. The van der Waals surface area contributed by atoms with Crippen LogP contribution in [0.5, 0.6) is 5.75 Å². The zero-order chi connectivity index (χ0) is 13.0. The third-order valence-electron chi connectivity index (χ3n) is 2.60. The Kier molecular flexibility index (Phi) is 4.31. The second kappa shape index (κ2) is 5.96. The van der Waals surface area contributed by atoms with Crippen LogP contribution in [0, 0.1) is 0 Å². The van der Waals surface area contributed by atoms with Gasteiger partial charge in [0.2, 0.25) is 0 Å². The molecular formula is C13H18ClN3O. The quantitative estimate of drug-likeness (QED) is 0.878. The zero-order valence-corrected chi connectivity index (χ0v) is 11.4. The summed E-state index contributed by atoms with van der Waals surface area (Å²) in [6.07, 6.45) is 0.0453. The minimum atomic E-state index is 0.0453. The van der Waals surface area contributed by atoms with Crippen LogP contribution in [0.3, 0.4) is 0 Å². The number of ether oxygens (including phenoxy) is 1. The van der Waals surface area contributed by atoms with Crippen molar-refractivity contribution in [2.24, 2.45) is 4.99 Å². The summed E-state index contributed by atoms with van der Waals surface area (Å²) in [6, 6.07) is 7.83. The van der Waals surface area contributed by atoms with Crippen LogP contribution in [0.15, 0.2) is 29.3 Å². The molecule has 0 spiro atoms. The van der Waals surface area contributed by atoms with E-state index in [0.29, 0.717) is 17.6 Å². The molecule has 2 unspecified atom stereocenters. The average molecular weight is 268 g/mol. The van der Waals surface area contributed by atoms with Gasteiger partial charge in [0.25, 0.3) is 0 Å². The molecule has 0 saturated heterocycles. The molecule has 2 N–H and O–H groups in total. The van der Waals surface area contributed by atoms with Crippen molar-refractivity contribution in [2.75, 3.05) is 13.1 Å². The summed E-state index contributed by atoms with van der Waals surface area (Å²) in [6.45, 7) is 5.63. The predicted octanol–water partition coefficient (Wildman–Crippen LogP) is 2.04. The maximum atomic E-state index is 5.90. The Hall–Kier alpha value is -1.42. The van der Waals surface area contributed by atoms with E-state index in [1.54, 1.807) is 0 Å². The van der Waals surface area contributed by atoms with Crippen molar-refractivity contribution in [3.05, 3.63) is 29.3 Å². The highest BCUT2D eigenvalue weighted by molar-refractivity contribution is 6.30. The first-order valence-electron chi connectivity index (χ1n) is 6.10. The van der Waals surface area contributed by atoms with Crippen LogP contribution in [0.2, 0.25) is 5.02 Å². The molecule has 1 aromatic rings. The molecule has 1 aromatic carbocycles. The SMILES string of the molecule is CC1CN=C(NCC(C)Oc2cccc(Cl)c2)N1. The molecule has 98 valence electrons. The molecule has 0 aliphatic carbocycles. The minimum Gasteiger partial charge on any atom is -0.489 e. The van der Waals surface area contributed by atoms with Gasteiger partial charge in [0.15, 0.2) is 5.96 Å². The maximum absolute atomic E-state index is 5.90. The Morgan fingerprint density at radius 1 is 1.61 bits per heavy atom. The first-order chi connectivity index (χ1) is 8.63. The number of halogens is 1. The van der Waals surface area contributed by atoms with Gasteiger partial charge >= 0.3 is 0 Å². The van der Waals surface area contributed by atoms with Crippen LogP contribution in [-0.4, -0.2) is 31.2 Å². The zero-order valence-electron chi connectivity index (χ0n) is 10.6. The standard InChI is InChI=1S/C13H18ClN3O/c1-9-7-15-13(17-9)16-8-10(2)18-12-5-3-4-11(14)6-12/h3-6,9-10H,7-8H2,1-2H3,(H2,15,16,17). The molecule has 4 nitrogen and oxygen atoms in total. The molecule has 5 heteroatoms. The first-order valence-corrected chi connectivity index (χ1v) is 6.48. The van der Waals surface area contributed by atoms with Crippen molar-refractivity contribution in [2.45, 2.75) is 26.0 Å². The molecule has 1 aliphatic rings. The normalized spacial score (nSPS) is 19.9. The highest BCUT2D eigenvalue weighted by Crippen LogP contribution is 2.18. The Labute approximate surface area is 112 Å². The third kappa shape index (κ3) is 3.81. The summed E-state index contributed by atoms with van der Waals surface area (Å²) in [7, 11) is 0. The van der Waals surface area contributed by atoms with Gasteiger partial charge in [-0.1, -0.05) is 17.7 Å². The second-order valence-electron chi connectivity index (χ2n) is 4.50. The molecular weight excluding hydrogens is 250 g/mol. The van der Waals surface area contributed by atoms with E-state index in [0.717, 1.165) is 18.3 Å². The molecule has 2 atom stereocenters. The third-order valence-corrected chi connectivity index (χ3v) is 2.83. The van der Waals surface area contributed by atoms with E-state index >= 15 is 0 Å². The molecule has 18 heavy (non-hydrogen) atoms. The lowest BCUT2D eigenvalue weighted by atomic mass is 10.3. The van der Waals surface area contributed by atoms with E-state index in [1.807, 2.05) is 31.2 Å². The molecule has 0 saturated carbocycles. The summed E-state index contributed by atoms with van der Waals surface area (Å²) in [5.41, 5.74) is 0. The topological polar surface area (TPSA) is 45.7 Å². The second-order valence-corrected chi connectivity index (χ2v) is 4.94. The predicted molar refractivity (Wildman–Crippen MR) is 74.4 cm³/mol. The summed E-state index contributed by atoms with van der Waals surface area (Å²) in [4.78, 5) is 4.33. The molecule has 1 aliphatic heterocycles. The fourth-order valence-electron chi connectivity index (χ4n) is 1.71. The van der Waals surface area contributed by atoms with Gasteiger partial charge in [-0.05, 0) is 32.0 Å². The van der Waals surface area contributed by atoms with Gasteiger partial charge in [0.05, 0.1) is 13.1 Å². The van der Waals surface area contributed by atoms with Crippen molar-refractivity contribution in [3.8, 4) is 5.75 Å². The number of hydrogen-bond acceptors (Lipinski definition) is 4. The summed E-state index contributed by atoms with van der Waals surface area (Å²) in [5.74, 6) is 1.63. The largest absolute Gasteiger partial charge is 0.489 e. The van der Waals surface area contributed by atoms with Gasteiger partial charge < -0.3 is 15.4 Å². The van der Waals surface area contributed by atoms with Crippen LogP contribution >= 0.6 is 11.6 Å². The van der Waals surface area contributed by atoms with Crippen molar-refractivity contribution >= 4 is 17.6 Å². The highest BCUT2D eigenvalue weighted by Gasteiger charge is 2.13. The van der Waals surface area contributed by atoms with Crippen molar-refractivity contribution in [3.63, 3.8) is 0 Å². The molecule has 0 bridgehead atoms. The Bertz CT molecular complexity index is 436. The Morgan fingerprint density at radius 2 is 2.44 bits per heavy atom. The molecule has 1 heterocycles. The summed E-state index contributed by atoms with van der Waals surface area (Å²) < 4.78 is 5.75. The summed E-state index contributed by atoms with van der Waals surface area (Å²) >= 11 is 5.90. The minimum absolute atomic E-state index is 0.0453. The fraction of sp³-hybridized carbons (Fsp3) is 0.462. The van der Waals surface area contributed by atoms with E-state index in [1.165, 1.54) is 0 Å². The molecule has 0 aromatic heterocycles. The molecule has 2 rings (SSSR count). The van der Waals surface area contributed by atoms with Gasteiger partial charge in [0.1, 0.15) is 11.9 Å². The van der Waals surface area contributed by atoms with E-state index in [4.69, 9.17) is 16.3 Å². The lowest BCUT2D eigenvalue weighted by Crippen LogP contribution is -2.41. The fourth-order valence-corrected chi connectivity index (χ4v) is 1.89. The van der Waals surface area contributed by atoms with Gasteiger partial charge in [-0.3, -0.25) is 4.99 Å². The van der Waals surface area contributed by atoms with E-state index < -0.39 is 0 Å². The number of rotatable bonds is 4. The maximum Gasteiger partial charge on any atom is 0.191 e. The lowest BCUT2D eigenvalue weighted by molar-refractivity contribution is 0.224. The van der Waals surface area contributed by atoms with Crippen LogP contribution in [0.4, 0.5) is 0 Å². The van der Waals surface area contributed by atoms with Crippen LogP contribution in [-0.2, 0) is 0 Å². The van der Waals surface area contributed by atoms with Crippen molar-refractivity contribution in [1.29, 1.82) is 0 Å². The molecule has 0 amide bonds. The Balaban J connectivity index is 1.77. The van der Waals surface area contributed by atoms with Crippen LogP contribution in [0.25, 0.3) is 0 Å².